The van der Waals surface area contributed by atoms with Gasteiger partial charge in [0.1, 0.15) is 5.82 Å². The first-order valence-corrected chi connectivity index (χ1v) is 9.89. The molecule has 1 N–H and O–H groups in total. The fourth-order valence-electron chi connectivity index (χ4n) is 3.40. The average molecular weight is 394 g/mol. The fourth-order valence-corrected chi connectivity index (χ4v) is 3.58. The Morgan fingerprint density at radius 2 is 1.68 bits per heavy atom. The maximum atomic E-state index is 6.13. The van der Waals surface area contributed by atoms with Crippen LogP contribution < -0.4 is 15.1 Å². The molecule has 0 aliphatic carbocycles. The van der Waals surface area contributed by atoms with E-state index < -0.39 is 0 Å². The molecule has 0 atom stereocenters. The zero-order valence-corrected chi connectivity index (χ0v) is 16.9. The number of piperazine rings is 1. The van der Waals surface area contributed by atoms with Gasteiger partial charge in [0.15, 0.2) is 0 Å². The fraction of sp³-hybridized carbons (Fsp3) is 0.273. The minimum atomic E-state index is 0.623. The minimum Gasteiger partial charge on any atom is -0.368 e. The first-order chi connectivity index (χ1) is 13.6. The van der Waals surface area contributed by atoms with Crippen LogP contribution in [0.3, 0.4) is 0 Å². The predicted molar refractivity (Wildman–Crippen MR) is 117 cm³/mol. The zero-order chi connectivity index (χ0) is 19.5. The van der Waals surface area contributed by atoms with Gasteiger partial charge in [-0.15, -0.1) is 0 Å². The smallest absolute Gasteiger partial charge is 0.229 e. The molecule has 0 bridgehead atoms. The number of halogens is 1. The molecular formula is C22H24ClN5. The van der Waals surface area contributed by atoms with Crippen molar-refractivity contribution in [2.45, 2.75) is 13.8 Å². The van der Waals surface area contributed by atoms with Crippen molar-refractivity contribution in [3.8, 4) is 0 Å². The van der Waals surface area contributed by atoms with Crippen molar-refractivity contribution >= 4 is 34.7 Å². The van der Waals surface area contributed by atoms with E-state index in [4.69, 9.17) is 16.6 Å². The number of aryl methyl sites for hydroxylation is 2. The molecular weight excluding hydrogens is 370 g/mol. The van der Waals surface area contributed by atoms with Crippen molar-refractivity contribution in [2.24, 2.45) is 0 Å². The number of rotatable bonds is 4. The highest BCUT2D eigenvalue weighted by Gasteiger charge is 2.19. The van der Waals surface area contributed by atoms with Crippen LogP contribution in [-0.4, -0.2) is 36.1 Å². The molecule has 0 radical (unpaired) electrons. The molecule has 0 amide bonds. The monoisotopic (exact) mass is 393 g/mol. The summed E-state index contributed by atoms with van der Waals surface area (Å²) < 4.78 is 0. The van der Waals surface area contributed by atoms with Crippen LogP contribution in [0.5, 0.6) is 0 Å². The standard InChI is InChI=1S/C22H24ClN5/c1-16-6-7-19(14-17(16)2)25-22-24-9-8-21(26-22)28-12-10-27(11-13-28)20-5-3-4-18(23)15-20/h3-9,14-15H,10-13H2,1-2H3,(H,24,25,26). The van der Waals surface area contributed by atoms with E-state index in [1.54, 1.807) is 0 Å². The van der Waals surface area contributed by atoms with Crippen molar-refractivity contribution in [3.63, 3.8) is 0 Å². The van der Waals surface area contributed by atoms with E-state index in [0.717, 1.165) is 42.7 Å². The van der Waals surface area contributed by atoms with Crippen LogP contribution in [0.2, 0.25) is 5.02 Å². The molecule has 1 saturated heterocycles. The quantitative estimate of drug-likeness (QED) is 0.688. The van der Waals surface area contributed by atoms with E-state index in [2.05, 4.69) is 58.2 Å². The molecule has 2 heterocycles. The normalized spacial score (nSPS) is 14.2. The van der Waals surface area contributed by atoms with Gasteiger partial charge in [0.05, 0.1) is 0 Å². The topological polar surface area (TPSA) is 44.3 Å². The molecule has 0 unspecified atom stereocenters. The van der Waals surface area contributed by atoms with E-state index in [1.807, 2.05) is 30.5 Å². The van der Waals surface area contributed by atoms with Gasteiger partial charge >= 0.3 is 0 Å². The highest BCUT2D eigenvalue weighted by atomic mass is 35.5. The summed E-state index contributed by atoms with van der Waals surface area (Å²) in [7, 11) is 0. The molecule has 28 heavy (non-hydrogen) atoms. The summed E-state index contributed by atoms with van der Waals surface area (Å²) in [6.45, 7) is 7.91. The summed E-state index contributed by atoms with van der Waals surface area (Å²) in [4.78, 5) is 13.8. The van der Waals surface area contributed by atoms with Crippen molar-refractivity contribution in [3.05, 3.63) is 70.9 Å². The molecule has 1 aliphatic heterocycles. The van der Waals surface area contributed by atoms with Crippen LogP contribution in [-0.2, 0) is 0 Å². The minimum absolute atomic E-state index is 0.623. The first-order valence-electron chi connectivity index (χ1n) is 9.51. The number of benzene rings is 2. The van der Waals surface area contributed by atoms with Crippen molar-refractivity contribution in [1.82, 2.24) is 9.97 Å². The maximum absolute atomic E-state index is 6.13. The molecule has 6 heteroatoms. The summed E-state index contributed by atoms with van der Waals surface area (Å²) in [6, 6.07) is 16.3. The Kier molecular flexibility index (Phi) is 5.35. The second kappa shape index (κ2) is 8.07. The maximum Gasteiger partial charge on any atom is 0.229 e. The summed E-state index contributed by atoms with van der Waals surface area (Å²) in [5.74, 6) is 1.57. The number of nitrogens with zero attached hydrogens (tertiary/aromatic N) is 4. The second-order valence-corrected chi connectivity index (χ2v) is 7.55. The lowest BCUT2D eigenvalue weighted by Gasteiger charge is -2.36. The molecule has 4 rings (SSSR count). The number of anilines is 4. The molecule has 2 aromatic carbocycles. The van der Waals surface area contributed by atoms with Gasteiger partial charge < -0.3 is 15.1 Å². The van der Waals surface area contributed by atoms with E-state index >= 15 is 0 Å². The average Bonchev–Trinajstić information content (AvgIpc) is 2.71. The van der Waals surface area contributed by atoms with Gasteiger partial charge in [-0.2, -0.15) is 4.98 Å². The third kappa shape index (κ3) is 4.20. The Labute approximate surface area is 171 Å². The Balaban J connectivity index is 1.43. The Morgan fingerprint density at radius 1 is 0.893 bits per heavy atom. The molecule has 1 aliphatic rings. The van der Waals surface area contributed by atoms with E-state index in [-0.39, 0.29) is 0 Å². The third-order valence-electron chi connectivity index (χ3n) is 5.18. The largest absolute Gasteiger partial charge is 0.368 e. The Morgan fingerprint density at radius 3 is 2.43 bits per heavy atom. The van der Waals surface area contributed by atoms with Crippen molar-refractivity contribution in [1.29, 1.82) is 0 Å². The molecule has 0 saturated carbocycles. The van der Waals surface area contributed by atoms with Gasteiger partial charge in [0.25, 0.3) is 0 Å². The second-order valence-electron chi connectivity index (χ2n) is 7.12. The van der Waals surface area contributed by atoms with Crippen LogP contribution in [0.25, 0.3) is 0 Å². The third-order valence-corrected chi connectivity index (χ3v) is 5.42. The lowest BCUT2D eigenvalue weighted by molar-refractivity contribution is 0.647. The van der Waals surface area contributed by atoms with Crippen molar-refractivity contribution in [2.75, 3.05) is 41.3 Å². The number of aromatic nitrogens is 2. The zero-order valence-electron chi connectivity index (χ0n) is 16.2. The summed E-state index contributed by atoms with van der Waals surface area (Å²) >= 11 is 6.13. The molecule has 1 aromatic heterocycles. The first kappa shape index (κ1) is 18.6. The van der Waals surface area contributed by atoms with Gasteiger partial charge in [0.2, 0.25) is 5.95 Å². The SMILES string of the molecule is Cc1ccc(Nc2nccc(N3CCN(c4cccc(Cl)c4)CC3)n2)cc1C. The molecule has 3 aromatic rings. The molecule has 144 valence electrons. The lowest BCUT2D eigenvalue weighted by atomic mass is 10.1. The molecule has 0 spiro atoms. The van der Waals surface area contributed by atoms with Gasteiger partial charge in [-0.05, 0) is 61.4 Å². The van der Waals surface area contributed by atoms with Gasteiger partial charge in [-0.1, -0.05) is 23.7 Å². The van der Waals surface area contributed by atoms with Gasteiger partial charge in [-0.3, -0.25) is 0 Å². The van der Waals surface area contributed by atoms with E-state index in [9.17, 15) is 0 Å². The number of hydrogen-bond donors (Lipinski definition) is 1. The predicted octanol–water partition coefficient (Wildman–Crippen LogP) is 4.82. The molecule has 5 nitrogen and oxygen atoms in total. The van der Waals surface area contributed by atoms with Crippen molar-refractivity contribution < 1.29 is 0 Å². The van der Waals surface area contributed by atoms with Crippen LogP contribution in [0.1, 0.15) is 11.1 Å². The van der Waals surface area contributed by atoms with E-state index in [1.165, 1.54) is 16.8 Å². The molecule has 1 fully saturated rings. The van der Waals surface area contributed by atoms with Crippen LogP contribution in [0.15, 0.2) is 54.7 Å². The Hall–Kier alpha value is -2.79. The Bertz CT molecular complexity index is 967. The number of nitrogens with one attached hydrogen (secondary N) is 1. The van der Waals surface area contributed by atoms with Gasteiger partial charge in [0, 0.05) is 48.8 Å². The lowest BCUT2D eigenvalue weighted by Crippen LogP contribution is -2.46. The number of hydrogen-bond acceptors (Lipinski definition) is 5. The summed E-state index contributed by atoms with van der Waals surface area (Å²) in [5.41, 5.74) is 4.70. The summed E-state index contributed by atoms with van der Waals surface area (Å²) in [6.07, 6.45) is 1.81. The van der Waals surface area contributed by atoms with Crippen LogP contribution in [0.4, 0.5) is 23.1 Å². The highest BCUT2D eigenvalue weighted by Crippen LogP contribution is 2.23. The van der Waals surface area contributed by atoms with E-state index in [0.29, 0.717) is 5.95 Å². The van der Waals surface area contributed by atoms with Crippen LogP contribution in [0, 0.1) is 13.8 Å². The van der Waals surface area contributed by atoms with Gasteiger partial charge in [-0.25, -0.2) is 4.98 Å². The van der Waals surface area contributed by atoms with Crippen LogP contribution >= 0.6 is 11.6 Å². The summed E-state index contributed by atoms with van der Waals surface area (Å²) in [5, 5.41) is 4.09. The highest BCUT2D eigenvalue weighted by molar-refractivity contribution is 6.30.